The van der Waals surface area contributed by atoms with Crippen molar-refractivity contribution < 1.29 is 9.18 Å². The van der Waals surface area contributed by atoms with Crippen LogP contribution in [0.5, 0.6) is 0 Å². The second kappa shape index (κ2) is 7.20. The number of H-pyrrole nitrogens is 2. The maximum atomic E-state index is 13.2. The van der Waals surface area contributed by atoms with Crippen molar-refractivity contribution in [3.63, 3.8) is 0 Å². The zero-order chi connectivity index (χ0) is 18.0. The third kappa shape index (κ3) is 4.34. The molecule has 6 nitrogen and oxygen atoms in total. The molecule has 0 radical (unpaired) electrons. The number of hydrogen-bond donors (Lipinski definition) is 3. The normalized spacial score (nSPS) is 11.2. The molecular formula is C17H16BrFN4O2. The molecular weight excluding hydrogens is 391 g/mol. The van der Waals surface area contributed by atoms with Crippen LogP contribution in [0.3, 0.4) is 0 Å². The monoisotopic (exact) mass is 406 g/mol. The Labute approximate surface area is 151 Å². The van der Waals surface area contributed by atoms with Gasteiger partial charge in [0.2, 0.25) is 5.91 Å². The van der Waals surface area contributed by atoms with Gasteiger partial charge in [0.15, 0.2) is 0 Å². The number of carbonyl (C=O) groups is 1. The number of rotatable bonds is 5. The van der Waals surface area contributed by atoms with Crippen LogP contribution in [0.25, 0.3) is 11.0 Å². The number of likely N-dealkylation sites (N-methyl/N-ethyl adjacent to an activating group) is 1. The third-order valence-electron chi connectivity index (χ3n) is 3.63. The molecule has 8 heteroatoms. The van der Waals surface area contributed by atoms with Crippen LogP contribution >= 0.6 is 15.9 Å². The van der Waals surface area contributed by atoms with Crippen molar-refractivity contribution in [2.75, 3.05) is 18.9 Å². The summed E-state index contributed by atoms with van der Waals surface area (Å²) in [7, 11) is 1.78. The van der Waals surface area contributed by atoms with Gasteiger partial charge in [-0.3, -0.25) is 9.69 Å². The quantitative estimate of drug-likeness (QED) is 0.609. The smallest absolute Gasteiger partial charge is 0.323 e. The van der Waals surface area contributed by atoms with Crippen molar-refractivity contribution in [3.8, 4) is 0 Å². The molecule has 3 rings (SSSR count). The fourth-order valence-electron chi connectivity index (χ4n) is 2.59. The maximum absolute atomic E-state index is 13.2. The molecule has 0 aliphatic carbocycles. The van der Waals surface area contributed by atoms with E-state index in [1.165, 1.54) is 12.1 Å². The highest BCUT2D eigenvalue weighted by Gasteiger charge is 2.11. The predicted molar refractivity (Wildman–Crippen MR) is 98.0 cm³/mol. The minimum atomic E-state index is -0.305. The average Bonchev–Trinajstić information content (AvgIpc) is 2.86. The number of anilines is 1. The first kappa shape index (κ1) is 17.4. The van der Waals surface area contributed by atoms with E-state index in [1.54, 1.807) is 30.1 Å². The Bertz CT molecular complexity index is 982. The number of amides is 1. The molecule has 2 aromatic carbocycles. The highest BCUT2D eigenvalue weighted by atomic mass is 79.9. The number of carbonyl (C=O) groups excluding carboxylic acids is 1. The van der Waals surface area contributed by atoms with Crippen molar-refractivity contribution in [1.29, 1.82) is 0 Å². The Morgan fingerprint density at radius 1 is 1.24 bits per heavy atom. The summed E-state index contributed by atoms with van der Waals surface area (Å²) in [6.45, 7) is 0.598. The molecule has 1 aromatic heterocycles. The van der Waals surface area contributed by atoms with Gasteiger partial charge in [0.05, 0.1) is 23.3 Å². The molecule has 1 amide bonds. The van der Waals surface area contributed by atoms with E-state index >= 15 is 0 Å². The number of halogens is 2. The molecule has 0 aliphatic rings. The molecule has 3 aromatic rings. The largest absolute Gasteiger partial charge is 0.324 e. The maximum Gasteiger partial charge on any atom is 0.323 e. The van der Waals surface area contributed by atoms with E-state index < -0.39 is 0 Å². The van der Waals surface area contributed by atoms with Crippen LogP contribution in [0.15, 0.2) is 45.7 Å². The fourth-order valence-corrected chi connectivity index (χ4v) is 3.03. The van der Waals surface area contributed by atoms with Gasteiger partial charge in [-0.05, 0) is 52.8 Å². The summed E-state index contributed by atoms with van der Waals surface area (Å²) in [6, 6.07) is 9.68. The van der Waals surface area contributed by atoms with E-state index in [-0.39, 0.29) is 24.0 Å². The summed E-state index contributed by atoms with van der Waals surface area (Å²) in [5.74, 6) is -0.509. The summed E-state index contributed by atoms with van der Waals surface area (Å²) >= 11 is 3.38. The summed E-state index contributed by atoms with van der Waals surface area (Å²) in [5, 5.41) is 2.80. The number of imidazole rings is 1. The van der Waals surface area contributed by atoms with Gasteiger partial charge in [0.1, 0.15) is 5.82 Å². The lowest BCUT2D eigenvalue weighted by atomic mass is 10.2. The van der Waals surface area contributed by atoms with Gasteiger partial charge >= 0.3 is 5.69 Å². The molecule has 0 aliphatic heterocycles. The van der Waals surface area contributed by atoms with E-state index in [1.807, 2.05) is 6.07 Å². The van der Waals surface area contributed by atoms with Crippen LogP contribution in [0.4, 0.5) is 10.1 Å². The van der Waals surface area contributed by atoms with Crippen molar-refractivity contribution in [1.82, 2.24) is 14.9 Å². The Kier molecular flexibility index (Phi) is 5.00. The number of hydrogen-bond acceptors (Lipinski definition) is 3. The van der Waals surface area contributed by atoms with Crippen LogP contribution in [0, 0.1) is 5.82 Å². The zero-order valence-electron chi connectivity index (χ0n) is 13.4. The first-order chi connectivity index (χ1) is 11.9. The zero-order valence-corrected chi connectivity index (χ0v) is 15.0. The molecule has 0 spiro atoms. The molecule has 0 unspecified atom stereocenters. The Morgan fingerprint density at radius 2 is 1.96 bits per heavy atom. The van der Waals surface area contributed by atoms with Gasteiger partial charge < -0.3 is 15.3 Å². The third-order valence-corrected chi connectivity index (χ3v) is 4.29. The van der Waals surface area contributed by atoms with Gasteiger partial charge in [-0.15, -0.1) is 0 Å². The van der Waals surface area contributed by atoms with E-state index in [4.69, 9.17) is 0 Å². The van der Waals surface area contributed by atoms with Gasteiger partial charge in [-0.25, -0.2) is 9.18 Å². The lowest BCUT2D eigenvalue weighted by Gasteiger charge is -2.17. The first-order valence-corrected chi connectivity index (χ1v) is 8.34. The summed E-state index contributed by atoms with van der Waals surface area (Å²) in [4.78, 5) is 30.7. The molecule has 25 heavy (non-hydrogen) atoms. The van der Waals surface area contributed by atoms with Crippen LogP contribution in [0.2, 0.25) is 0 Å². The lowest BCUT2D eigenvalue weighted by Crippen LogP contribution is -2.30. The Hall–Kier alpha value is -2.45. The highest BCUT2D eigenvalue weighted by molar-refractivity contribution is 9.10. The number of nitrogens with one attached hydrogen (secondary N) is 3. The molecule has 0 fully saturated rings. The van der Waals surface area contributed by atoms with E-state index in [2.05, 4.69) is 31.2 Å². The van der Waals surface area contributed by atoms with Crippen molar-refractivity contribution in [2.24, 2.45) is 0 Å². The molecule has 0 saturated heterocycles. The number of aromatic nitrogens is 2. The molecule has 130 valence electrons. The number of nitrogens with zero attached hydrogens (tertiary/aromatic N) is 1. The van der Waals surface area contributed by atoms with Gasteiger partial charge in [-0.1, -0.05) is 12.1 Å². The summed E-state index contributed by atoms with van der Waals surface area (Å²) < 4.78 is 13.9. The van der Waals surface area contributed by atoms with Crippen LogP contribution < -0.4 is 11.0 Å². The molecule has 1 heterocycles. The van der Waals surface area contributed by atoms with Gasteiger partial charge in [-0.2, -0.15) is 0 Å². The second-order valence-corrected chi connectivity index (χ2v) is 6.66. The minimum Gasteiger partial charge on any atom is -0.324 e. The topological polar surface area (TPSA) is 81.0 Å². The summed E-state index contributed by atoms with van der Waals surface area (Å²) in [6.07, 6.45) is 0. The van der Waals surface area contributed by atoms with Gasteiger partial charge in [0.25, 0.3) is 0 Å². The van der Waals surface area contributed by atoms with Crippen LogP contribution in [-0.2, 0) is 11.3 Å². The first-order valence-electron chi connectivity index (χ1n) is 7.55. The number of aromatic amines is 2. The second-order valence-electron chi connectivity index (χ2n) is 5.81. The highest BCUT2D eigenvalue weighted by Crippen LogP contribution is 2.26. The standard InChI is InChI=1S/C17H16BrFN4O2/c1-23(8-10-3-2-4-11(19)5-10)9-16(24)20-13-7-15-14(6-12(13)18)21-17(25)22-15/h2-7H,8-9H2,1H3,(H,20,24)(H2,21,22,25). The Morgan fingerprint density at radius 3 is 2.68 bits per heavy atom. The molecule has 3 N–H and O–H groups in total. The fraction of sp³-hybridized carbons (Fsp3) is 0.176. The van der Waals surface area contributed by atoms with E-state index in [9.17, 15) is 14.0 Å². The molecule has 0 atom stereocenters. The van der Waals surface area contributed by atoms with Crippen LogP contribution in [0.1, 0.15) is 5.56 Å². The van der Waals surface area contributed by atoms with Gasteiger partial charge in [0, 0.05) is 11.0 Å². The molecule has 0 bridgehead atoms. The van der Waals surface area contributed by atoms with Crippen molar-refractivity contribution in [2.45, 2.75) is 6.54 Å². The van der Waals surface area contributed by atoms with E-state index in [0.29, 0.717) is 27.7 Å². The number of fused-ring (bicyclic) bond motifs is 1. The van der Waals surface area contributed by atoms with Crippen molar-refractivity contribution in [3.05, 3.63) is 62.7 Å². The van der Waals surface area contributed by atoms with Crippen LogP contribution in [-0.4, -0.2) is 34.4 Å². The van der Waals surface area contributed by atoms with Crippen molar-refractivity contribution >= 4 is 38.6 Å². The number of benzene rings is 2. The summed E-state index contributed by atoms with van der Waals surface area (Å²) in [5.41, 5.74) is 2.31. The average molecular weight is 407 g/mol. The lowest BCUT2D eigenvalue weighted by molar-refractivity contribution is -0.117. The Balaban J connectivity index is 1.65. The SMILES string of the molecule is CN(CC(=O)Nc1cc2[nH]c(=O)[nH]c2cc1Br)Cc1cccc(F)c1. The molecule has 0 saturated carbocycles. The van der Waals surface area contributed by atoms with E-state index in [0.717, 1.165) is 5.56 Å². The predicted octanol–water partition coefficient (Wildman–Crippen LogP) is 2.83. The minimum absolute atomic E-state index is 0.143.